The second kappa shape index (κ2) is 5.14. The average Bonchev–Trinajstić information content (AvgIpc) is 2.72. The lowest BCUT2D eigenvalue weighted by Gasteiger charge is -2.17. The van der Waals surface area contributed by atoms with Gasteiger partial charge in [0.1, 0.15) is 0 Å². The molecule has 0 aliphatic heterocycles. The Morgan fingerprint density at radius 2 is 2.00 bits per heavy atom. The fraction of sp³-hybridized carbons (Fsp3) is 0.286. The number of anilines is 1. The molecule has 0 spiro atoms. The van der Waals surface area contributed by atoms with Gasteiger partial charge in [0.05, 0.1) is 11.8 Å². The second-order valence-corrected chi connectivity index (χ2v) is 4.67. The highest BCUT2D eigenvalue weighted by Crippen LogP contribution is 2.12. The predicted molar refractivity (Wildman–Crippen MR) is 74.6 cm³/mol. The number of hydrogen-bond acceptors (Lipinski definition) is 3. The van der Waals surface area contributed by atoms with Gasteiger partial charge < -0.3 is 10.6 Å². The van der Waals surface area contributed by atoms with E-state index < -0.39 is 0 Å². The van der Waals surface area contributed by atoms with Crippen molar-refractivity contribution in [3.63, 3.8) is 0 Å². The van der Waals surface area contributed by atoms with E-state index >= 15 is 0 Å². The maximum atomic E-state index is 12.3. The van der Waals surface area contributed by atoms with E-state index in [1.54, 1.807) is 22.8 Å². The number of nitrogens with two attached hydrogens (primary N) is 1. The number of carbonyl (C=O) groups excluding carboxylic acids is 1. The number of hydrogen-bond donors (Lipinski definition) is 1. The second-order valence-electron chi connectivity index (χ2n) is 4.67. The van der Waals surface area contributed by atoms with Crippen LogP contribution in [0.5, 0.6) is 0 Å². The van der Waals surface area contributed by atoms with Crippen molar-refractivity contribution in [3.05, 3.63) is 47.3 Å². The molecule has 0 fully saturated rings. The number of carbonyl (C=O) groups is 1. The van der Waals surface area contributed by atoms with Crippen LogP contribution in [0.2, 0.25) is 0 Å². The Kier molecular flexibility index (Phi) is 3.55. The van der Waals surface area contributed by atoms with Crippen molar-refractivity contribution in [2.24, 2.45) is 7.05 Å². The molecular formula is C14H18N4O. The molecule has 0 atom stereocenters. The van der Waals surface area contributed by atoms with Gasteiger partial charge in [-0.15, -0.1) is 0 Å². The largest absolute Gasteiger partial charge is 0.399 e. The molecule has 2 N–H and O–H groups in total. The van der Waals surface area contributed by atoms with Crippen molar-refractivity contribution in [1.29, 1.82) is 0 Å². The smallest absolute Gasteiger partial charge is 0.257 e. The number of rotatable bonds is 3. The van der Waals surface area contributed by atoms with Crippen LogP contribution in [0.25, 0.3) is 0 Å². The molecule has 19 heavy (non-hydrogen) atoms. The first-order valence-electron chi connectivity index (χ1n) is 6.07. The van der Waals surface area contributed by atoms with Crippen molar-refractivity contribution in [2.75, 3.05) is 12.8 Å². The van der Waals surface area contributed by atoms with Crippen LogP contribution < -0.4 is 5.73 Å². The summed E-state index contributed by atoms with van der Waals surface area (Å²) in [4.78, 5) is 14.0. The van der Waals surface area contributed by atoms with E-state index in [0.717, 1.165) is 16.9 Å². The Morgan fingerprint density at radius 3 is 2.53 bits per heavy atom. The van der Waals surface area contributed by atoms with Crippen LogP contribution in [-0.2, 0) is 13.6 Å². The molecule has 0 bridgehead atoms. The highest BCUT2D eigenvalue weighted by atomic mass is 16.2. The first-order valence-corrected chi connectivity index (χ1v) is 6.07. The molecule has 100 valence electrons. The van der Waals surface area contributed by atoms with Gasteiger partial charge in [-0.05, 0) is 24.6 Å². The van der Waals surface area contributed by atoms with Gasteiger partial charge in [-0.3, -0.25) is 9.48 Å². The quantitative estimate of drug-likeness (QED) is 0.850. The fourth-order valence-corrected chi connectivity index (χ4v) is 1.88. The van der Waals surface area contributed by atoms with Crippen molar-refractivity contribution in [2.45, 2.75) is 13.5 Å². The third-order valence-electron chi connectivity index (χ3n) is 3.21. The van der Waals surface area contributed by atoms with E-state index in [0.29, 0.717) is 12.1 Å². The topological polar surface area (TPSA) is 64.2 Å². The predicted octanol–water partition coefficient (Wildman–Crippen LogP) is 1.58. The number of nitrogen functional groups attached to an aromatic ring is 1. The van der Waals surface area contributed by atoms with Crippen molar-refractivity contribution in [3.8, 4) is 0 Å². The first kappa shape index (κ1) is 13.1. The lowest BCUT2D eigenvalue weighted by atomic mass is 10.2. The molecule has 0 saturated carbocycles. The minimum absolute atomic E-state index is 0.0255. The van der Waals surface area contributed by atoms with Crippen LogP contribution in [0, 0.1) is 6.92 Å². The molecule has 1 heterocycles. The molecule has 0 saturated heterocycles. The van der Waals surface area contributed by atoms with Gasteiger partial charge in [0.2, 0.25) is 0 Å². The van der Waals surface area contributed by atoms with Crippen LogP contribution in [0.3, 0.4) is 0 Å². The van der Waals surface area contributed by atoms with Gasteiger partial charge in [-0.2, -0.15) is 5.10 Å². The molecule has 5 nitrogen and oxygen atoms in total. The lowest BCUT2D eigenvalue weighted by molar-refractivity contribution is 0.0784. The summed E-state index contributed by atoms with van der Waals surface area (Å²) in [6, 6.07) is 7.52. The standard InChI is InChI=1S/C14H18N4O/c1-10-13(8-16-18(10)3)14(19)17(2)9-11-4-6-12(15)7-5-11/h4-8H,9,15H2,1-3H3. The van der Waals surface area contributed by atoms with Crippen molar-refractivity contribution >= 4 is 11.6 Å². The number of amides is 1. The number of aromatic nitrogens is 2. The summed E-state index contributed by atoms with van der Waals surface area (Å²) in [5.41, 5.74) is 8.92. The van der Waals surface area contributed by atoms with E-state index in [1.165, 1.54) is 0 Å². The zero-order valence-corrected chi connectivity index (χ0v) is 11.4. The maximum Gasteiger partial charge on any atom is 0.257 e. The first-order chi connectivity index (χ1) is 8.99. The van der Waals surface area contributed by atoms with Crippen molar-refractivity contribution < 1.29 is 4.79 Å². The highest BCUT2D eigenvalue weighted by Gasteiger charge is 2.17. The average molecular weight is 258 g/mol. The molecular weight excluding hydrogens is 240 g/mol. The Morgan fingerprint density at radius 1 is 1.37 bits per heavy atom. The Bertz CT molecular complexity index is 586. The molecule has 0 radical (unpaired) electrons. The Labute approximate surface area is 112 Å². The van der Waals surface area contributed by atoms with Crippen LogP contribution in [0.1, 0.15) is 21.6 Å². The maximum absolute atomic E-state index is 12.3. The van der Waals surface area contributed by atoms with E-state index in [4.69, 9.17) is 5.73 Å². The van der Waals surface area contributed by atoms with E-state index in [1.807, 2.05) is 38.2 Å². The molecule has 0 aliphatic carbocycles. The van der Waals surface area contributed by atoms with Gasteiger partial charge >= 0.3 is 0 Å². The van der Waals surface area contributed by atoms with E-state index in [2.05, 4.69) is 5.10 Å². The minimum Gasteiger partial charge on any atom is -0.399 e. The molecule has 1 aromatic carbocycles. The summed E-state index contributed by atoms with van der Waals surface area (Å²) < 4.78 is 1.70. The number of aryl methyl sites for hydroxylation is 1. The Hall–Kier alpha value is -2.30. The fourth-order valence-electron chi connectivity index (χ4n) is 1.88. The molecule has 1 aromatic heterocycles. The normalized spacial score (nSPS) is 10.5. The van der Waals surface area contributed by atoms with E-state index in [9.17, 15) is 4.79 Å². The van der Waals surface area contributed by atoms with Gasteiger partial charge in [0.15, 0.2) is 0 Å². The minimum atomic E-state index is -0.0255. The third-order valence-corrected chi connectivity index (χ3v) is 3.21. The van der Waals surface area contributed by atoms with Crippen molar-refractivity contribution in [1.82, 2.24) is 14.7 Å². The summed E-state index contributed by atoms with van der Waals surface area (Å²) in [6.45, 7) is 2.44. The zero-order chi connectivity index (χ0) is 14.0. The summed E-state index contributed by atoms with van der Waals surface area (Å²) in [5, 5.41) is 4.09. The zero-order valence-electron chi connectivity index (χ0n) is 11.4. The monoisotopic (exact) mass is 258 g/mol. The summed E-state index contributed by atoms with van der Waals surface area (Å²) in [6.07, 6.45) is 1.61. The van der Waals surface area contributed by atoms with Gasteiger partial charge in [-0.25, -0.2) is 0 Å². The Balaban J connectivity index is 2.11. The highest BCUT2D eigenvalue weighted by molar-refractivity contribution is 5.94. The molecule has 0 aliphatic rings. The number of nitrogens with zero attached hydrogens (tertiary/aromatic N) is 3. The third kappa shape index (κ3) is 2.76. The van der Waals surface area contributed by atoms with Gasteiger partial charge in [-0.1, -0.05) is 12.1 Å². The van der Waals surface area contributed by atoms with Crippen LogP contribution in [-0.4, -0.2) is 27.6 Å². The summed E-state index contributed by atoms with van der Waals surface area (Å²) in [7, 11) is 3.61. The van der Waals surface area contributed by atoms with Crippen LogP contribution in [0.15, 0.2) is 30.5 Å². The molecule has 5 heteroatoms. The van der Waals surface area contributed by atoms with Gasteiger partial charge in [0, 0.05) is 32.0 Å². The molecule has 1 amide bonds. The summed E-state index contributed by atoms with van der Waals surface area (Å²) in [5.74, 6) is -0.0255. The molecule has 2 aromatic rings. The molecule has 2 rings (SSSR count). The SMILES string of the molecule is Cc1c(C(=O)N(C)Cc2ccc(N)cc2)cnn1C. The van der Waals surface area contributed by atoms with Crippen LogP contribution in [0.4, 0.5) is 5.69 Å². The number of benzene rings is 1. The van der Waals surface area contributed by atoms with E-state index in [-0.39, 0.29) is 5.91 Å². The summed E-state index contributed by atoms with van der Waals surface area (Å²) >= 11 is 0. The van der Waals surface area contributed by atoms with Crippen LogP contribution >= 0.6 is 0 Å². The molecule has 0 unspecified atom stereocenters. The lowest BCUT2D eigenvalue weighted by Crippen LogP contribution is -2.26. The van der Waals surface area contributed by atoms with Gasteiger partial charge in [0.25, 0.3) is 5.91 Å².